The quantitative estimate of drug-likeness (QED) is 0.689. The third-order valence-electron chi connectivity index (χ3n) is 2.47. The van der Waals surface area contributed by atoms with E-state index in [4.69, 9.17) is 5.73 Å². The van der Waals surface area contributed by atoms with Crippen molar-refractivity contribution in [2.75, 3.05) is 11.1 Å². The highest BCUT2D eigenvalue weighted by Crippen LogP contribution is 2.26. The third-order valence-corrected chi connectivity index (χ3v) is 3.45. The van der Waals surface area contributed by atoms with Crippen LogP contribution >= 0.6 is 31.9 Å². The van der Waals surface area contributed by atoms with Gasteiger partial charge in [-0.05, 0) is 36.4 Å². The molecule has 0 saturated heterocycles. The lowest BCUT2D eigenvalue weighted by molar-refractivity contribution is 0.102. The summed E-state index contributed by atoms with van der Waals surface area (Å²) in [5.41, 5.74) is 6.91. The zero-order valence-electron chi connectivity index (χ0n) is 9.65. The number of aromatic hydroxyl groups is 1. The van der Waals surface area contributed by atoms with Gasteiger partial charge >= 0.3 is 0 Å². The molecule has 19 heavy (non-hydrogen) atoms. The van der Waals surface area contributed by atoms with E-state index in [1.54, 1.807) is 30.3 Å². The number of phenols is 1. The summed E-state index contributed by atoms with van der Waals surface area (Å²) in [6.07, 6.45) is 0. The number of anilines is 2. The summed E-state index contributed by atoms with van der Waals surface area (Å²) in [6.45, 7) is 0. The molecule has 0 aliphatic heterocycles. The molecule has 0 aliphatic carbocycles. The highest BCUT2D eigenvalue weighted by atomic mass is 79.9. The van der Waals surface area contributed by atoms with Crippen LogP contribution in [0.25, 0.3) is 0 Å². The summed E-state index contributed by atoms with van der Waals surface area (Å²) in [7, 11) is 0. The van der Waals surface area contributed by atoms with E-state index in [9.17, 15) is 9.90 Å². The van der Waals surface area contributed by atoms with Gasteiger partial charge in [-0.25, -0.2) is 0 Å². The maximum absolute atomic E-state index is 12.1. The van der Waals surface area contributed by atoms with Crippen molar-refractivity contribution in [3.05, 3.63) is 50.9 Å². The summed E-state index contributed by atoms with van der Waals surface area (Å²) >= 11 is 6.54. The van der Waals surface area contributed by atoms with Crippen molar-refractivity contribution in [3.63, 3.8) is 0 Å². The Balaban J connectivity index is 2.28. The molecule has 2 rings (SSSR count). The minimum Gasteiger partial charge on any atom is -0.507 e. The van der Waals surface area contributed by atoms with Gasteiger partial charge in [-0.3, -0.25) is 4.79 Å². The predicted molar refractivity (Wildman–Crippen MR) is 82.3 cm³/mol. The Kier molecular flexibility index (Phi) is 4.11. The van der Waals surface area contributed by atoms with Crippen LogP contribution in [0.1, 0.15) is 10.4 Å². The Bertz CT molecular complexity index is 645. The molecule has 0 fully saturated rings. The standard InChI is InChI=1S/C13H10Br2N2O2/c14-7-2-4-12(18)9(5-7)13(19)17-11-3-1-8(15)6-10(11)16/h1-6,18H,16H2,(H,17,19). The van der Waals surface area contributed by atoms with E-state index in [2.05, 4.69) is 37.2 Å². The van der Waals surface area contributed by atoms with Crippen molar-refractivity contribution in [1.29, 1.82) is 0 Å². The largest absolute Gasteiger partial charge is 0.507 e. The van der Waals surface area contributed by atoms with Crippen molar-refractivity contribution in [3.8, 4) is 5.75 Å². The fourth-order valence-corrected chi connectivity index (χ4v) is 2.27. The minimum atomic E-state index is -0.423. The molecule has 0 aliphatic rings. The highest BCUT2D eigenvalue weighted by Gasteiger charge is 2.13. The third kappa shape index (κ3) is 3.27. The average Bonchev–Trinajstić information content (AvgIpc) is 2.35. The molecule has 4 N–H and O–H groups in total. The second kappa shape index (κ2) is 5.63. The highest BCUT2D eigenvalue weighted by molar-refractivity contribution is 9.10. The fourth-order valence-electron chi connectivity index (χ4n) is 1.53. The van der Waals surface area contributed by atoms with Crippen molar-refractivity contribution in [1.82, 2.24) is 0 Å². The number of phenolic OH excluding ortho intramolecular Hbond substituents is 1. The topological polar surface area (TPSA) is 75.3 Å². The first-order valence-corrected chi connectivity index (χ1v) is 6.91. The Morgan fingerprint density at radius 3 is 2.42 bits per heavy atom. The summed E-state index contributed by atoms with van der Waals surface area (Å²) < 4.78 is 1.53. The summed E-state index contributed by atoms with van der Waals surface area (Å²) in [5, 5.41) is 12.3. The van der Waals surface area contributed by atoms with Gasteiger partial charge in [0.25, 0.3) is 5.91 Å². The number of rotatable bonds is 2. The van der Waals surface area contributed by atoms with E-state index in [0.29, 0.717) is 15.8 Å². The van der Waals surface area contributed by atoms with E-state index in [1.165, 1.54) is 6.07 Å². The summed E-state index contributed by atoms with van der Waals surface area (Å²) in [4.78, 5) is 12.1. The van der Waals surface area contributed by atoms with Gasteiger partial charge in [0.15, 0.2) is 0 Å². The molecule has 0 radical (unpaired) electrons. The number of carbonyl (C=O) groups is 1. The predicted octanol–water partition coefficient (Wildman–Crippen LogP) is 3.75. The molecule has 1 amide bonds. The van der Waals surface area contributed by atoms with Gasteiger partial charge in [-0.15, -0.1) is 0 Å². The van der Waals surface area contributed by atoms with Gasteiger partial charge in [-0.2, -0.15) is 0 Å². The summed E-state index contributed by atoms with van der Waals surface area (Å²) in [6, 6.07) is 9.79. The van der Waals surface area contributed by atoms with Crippen LogP contribution in [0.4, 0.5) is 11.4 Å². The maximum Gasteiger partial charge on any atom is 0.259 e. The molecule has 0 atom stereocenters. The van der Waals surface area contributed by atoms with Gasteiger partial charge in [0.1, 0.15) is 5.75 Å². The molecule has 2 aromatic carbocycles. The molecule has 4 nitrogen and oxygen atoms in total. The van der Waals surface area contributed by atoms with Gasteiger partial charge in [-0.1, -0.05) is 31.9 Å². The Hall–Kier alpha value is -1.53. The van der Waals surface area contributed by atoms with Crippen LogP contribution in [0.2, 0.25) is 0 Å². The van der Waals surface area contributed by atoms with Crippen LogP contribution in [0.3, 0.4) is 0 Å². The Morgan fingerprint density at radius 2 is 1.74 bits per heavy atom. The van der Waals surface area contributed by atoms with Gasteiger partial charge in [0.05, 0.1) is 16.9 Å². The monoisotopic (exact) mass is 384 g/mol. The Morgan fingerprint density at radius 1 is 1.11 bits per heavy atom. The normalized spacial score (nSPS) is 10.2. The van der Waals surface area contributed by atoms with Crippen molar-refractivity contribution < 1.29 is 9.90 Å². The van der Waals surface area contributed by atoms with E-state index in [0.717, 1.165) is 4.47 Å². The number of hydrogen-bond donors (Lipinski definition) is 3. The fraction of sp³-hybridized carbons (Fsp3) is 0. The number of nitrogens with one attached hydrogen (secondary N) is 1. The lowest BCUT2D eigenvalue weighted by Gasteiger charge is -2.09. The second-order valence-corrected chi connectivity index (χ2v) is 5.68. The minimum absolute atomic E-state index is 0.0867. The van der Waals surface area contributed by atoms with Crippen molar-refractivity contribution in [2.45, 2.75) is 0 Å². The van der Waals surface area contributed by atoms with Gasteiger partial charge < -0.3 is 16.2 Å². The number of halogens is 2. The molecule has 2 aromatic rings. The molecule has 0 unspecified atom stereocenters. The van der Waals surface area contributed by atoms with Crippen molar-refractivity contribution in [2.24, 2.45) is 0 Å². The SMILES string of the molecule is Nc1cc(Br)ccc1NC(=O)c1cc(Br)ccc1O. The Labute approximate surface area is 126 Å². The van der Waals surface area contributed by atoms with Crippen LogP contribution in [0.5, 0.6) is 5.75 Å². The molecule has 0 heterocycles. The first-order valence-electron chi connectivity index (χ1n) is 5.32. The number of benzene rings is 2. The van der Waals surface area contributed by atoms with Crippen LogP contribution in [0, 0.1) is 0 Å². The first kappa shape index (κ1) is 13.9. The van der Waals surface area contributed by atoms with E-state index >= 15 is 0 Å². The van der Waals surface area contributed by atoms with E-state index < -0.39 is 5.91 Å². The second-order valence-electron chi connectivity index (χ2n) is 3.85. The summed E-state index contributed by atoms with van der Waals surface area (Å²) in [5.74, 6) is -0.510. The zero-order chi connectivity index (χ0) is 14.0. The first-order chi connectivity index (χ1) is 8.97. The van der Waals surface area contributed by atoms with Crippen LogP contribution < -0.4 is 11.1 Å². The molecule has 0 aromatic heterocycles. The number of hydrogen-bond acceptors (Lipinski definition) is 3. The maximum atomic E-state index is 12.1. The lowest BCUT2D eigenvalue weighted by Crippen LogP contribution is -2.13. The number of nitrogen functional groups attached to an aromatic ring is 1. The molecular weight excluding hydrogens is 376 g/mol. The number of nitrogens with two attached hydrogens (primary N) is 1. The van der Waals surface area contributed by atoms with E-state index in [1.807, 2.05) is 0 Å². The van der Waals surface area contributed by atoms with Crippen LogP contribution in [0.15, 0.2) is 45.3 Å². The van der Waals surface area contributed by atoms with Crippen molar-refractivity contribution >= 4 is 49.1 Å². The number of carbonyl (C=O) groups excluding carboxylic acids is 1. The molecule has 0 bridgehead atoms. The molecule has 98 valence electrons. The smallest absolute Gasteiger partial charge is 0.259 e. The molecule has 0 saturated carbocycles. The zero-order valence-corrected chi connectivity index (χ0v) is 12.8. The average molecular weight is 386 g/mol. The lowest BCUT2D eigenvalue weighted by atomic mass is 10.2. The molecule has 6 heteroatoms. The van der Waals surface area contributed by atoms with Crippen LogP contribution in [-0.4, -0.2) is 11.0 Å². The van der Waals surface area contributed by atoms with Crippen LogP contribution in [-0.2, 0) is 0 Å². The number of amides is 1. The van der Waals surface area contributed by atoms with E-state index in [-0.39, 0.29) is 11.3 Å². The van der Waals surface area contributed by atoms with Gasteiger partial charge in [0.2, 0.25) is 0 Å². The molecule has 0 spiro atoms. The van der Waals surface area contributed by atoms with Gasteiger partial charge in [0, 0.05) is 8.95 Å². The molecular formula is C13H10Br2N2O2.